The molecule has 0 saturated heterocycles. The van der Waals surface area contributed by atoms with Crippen molar-refractivity contribution in [3.05, 3.63) is 34.1 Å². The normalized spacial score (nSPS) is 11.9. The minimum atomic E-state index is -0.772. The molecule has 0 unspecified atom stereocenters. The Morgan fingerprint density at radius 3 is 2.89 bits per heavy atom. The predicted molar refractivity (Wildman–Crippen MR) is 72.7 cm³/mol. The number of nitrogens with one attached hydrogen (secondary N) is 1. The summed E-state index contributed by atoms with van der Waals surface area (Å²) >= 11 is 1.54. The average molecular weight is 287 g/mol. The summed E-state index contributed by atoms with van der Waals surface area (Å²) in [5.41, 5.74) is 5.08. The molecular weight excluding hydrogens is 273 g/mol. The van der Waals surface area contributed by atoms with E-state index in [1.165, 1.54) is 11.8 Å². The van der Waals surface area contributed by atoms with Gasteiger partial charge >= 0.3 is 0 Å². The van der Waals surface area contributed by atoms with Gasteiger partial charge in [0.2, 0.25) is 5.91 Å². The van der Waals surface area contributed by atoms with Crippen LogP contribution in [0.3, 0.4) is 0 Å². The second kappa shape index (κ2) is 7.05. The van der Waals surface area contributed by atoms with E-state index in [0.29, 0.717) is 12.2 Å². The number of hydrogen-bond acceptors (Lipinski definition) is 5. The first-order valence-corrected chi connectivity index (χ1v) is 6.84. The summed E-state index contributed by atoms with van der Waals surface area (Å²) in [4.78, 5) is 21.6. The molecule has 0 radical (unpaired) electrons. The average Bonchev–Trinajstić information content (AvgIpc) is 2.38. The van der Waals surface area contributed by atoms with E-state index < -0.39 is 22.7 Å². The highest BCUT2D eigenvalue weighted by atomic mass is 32.2. The van der Waals surface area contributed by atoms with Gasteiger partial charge in [-0.05, 0) is 24.5 Å². The number of nitro groups is 1. The Morgan fingerprint density at radius 2 is 2.32 bits per heavy atom. The van der Waals surface area contributed by atoms with Crippen LogP contribution in [0.1, 0.15) is 6.42 Å². The lowest BCUT2D eigenvalue weighted by Crippen LogP contribution is -2.36. The molecule has 8 heteroatoms. The van der Waals surface area contributed by atoms with E-state index in [2.05, 4.69) is 5.32 Å². The molecule has 6 nitrogen and oxygen atoms in total. The van der Waals surface area contributed by atoms with Gasteiger partial charge in [0, 0.05) is 12.1 Å². The van der Waals surface area contributed by atoms with Crippen LogP contribution in [0, 0.1) is 15.9 Å². The van der Waals surface area contributed by atoms with Gasteiger partial charge in [-0.25, -0.2) is 4.39 Å². The van der Waals surface area contributed by atoms with Crippen LogP contribution in [0.25, 0.3) is 0 Å². The molecule has 0 saturated carbocycles. The zero-order valence-corrected chi connectivity index (χ0v) is 11.1. The van der Waals surface area contributed by atoms with Gasteiger partial charge in [-0.15, -0.1) is 0 Å². The minimum Gasteiger partial charge on any atom is -0.322 e. The lowest BCUT2D eigenvalue weighted by molar-refractivity contribution is -0.384. The fraction of sp³-hybridized carbons (Fsp3) is 0.364. The van der Waals surface area contributed by atoms with Gasteiger partial charge in [0.15, 0.2) is 0 Å². The van der Waals surface area contributed by atoms with Gasteiger partial charge < -0.3 is 11.1 Å². The van der Waals surface area contributed by atoms with Crippen LogP contribution in [0.2, 0.25) is 0 Å². The molecule has 1 amide bonds. The second-order valence-electron chi connectivity index (χ2n) is 3.80. The Bertz CT molecular complexity index is 484. The molecule has 1 aromatic rings. The third-order valence-electron chi connectivity index (χ3n) is 2.39. The summed E-state index contributed by atoms with van der Waals surface area (Å²) in [6.07, 6.45) is 2.33. The molecule has 0 heterocycles. The van der Waals surface area contributed by atoms with Gasteiger partial charge in [0.1, 0.15) is 5.82 Å². The molecule has 1 aromatic carbocycles. The van der Waals surface area contributed by atoms with Crippen molar-refractivity contribution in [2.75, 3.05) is 17.3 Å². The van der Waals surface area contributed by atoms with Crippen molar-refractivity contribution >= 4 is 29.0 Å². The molecule has 0 spiro atoms. The Morgan fingerprint density at radius 1 is 1.63 bits per heavy atom. The number of carbonyl (C=O) groups is 1. The first-order valence-electron chi connectivity index (χ1n) is 5.45. The predicted octanol–water partition coefficient (Wildman–Crippen LogP) is 1.75. The van der Waals surface area contributed by atoms with Gasteiger partial charge in [0.25, 0.3) is 5.69 Å². The molecule has 1 atom stereocenters. The number of anilines is 1. The summed E-state index contributed by atoms with van der Waals surface area (Å²) in [6, 6.07) is 2.15. The quantitative estimate of drug-likeness (QED) is 0.613. The van der Waals surface area contributed by atoms with Crippen LogP contribution < -0.4 is 11.1 Å². The molecule has 1 rings (SSSR count). The summed E-state index contributed by atoms with van der Waals surface area (Å²) in [5.74, 6) is -0.601. The molecule has 3 N–H and O–H groups in total. The van der Waals surface area contributed by atoms with E-state index in [1.807, 2.05) is 6.26 Å². The number of amides is 1. The Labute approximate surface area is 113 Å². The maximum absolute atomic E-state index is 13.4. The highest BCUT2D eigenvalue weighted by molar-refractivity contribution is 7.98. The highest BCUT2D eigenvalue weighted by Crippen LogP contribution is 2.21. The maximum atomic E-state index is 13.4. The van der Waals surface area contributed by atoms with Crippen molar-refractivity contribution in [3.8, 4) is 0 Å². The first-order chi connectivity index (χ1) is 8.95. The van der Waals surface area contributed by atoms with Crippen LogP contribution in [0.4, 0.5) is 15.8 Å². The zero-order chi connectivity index (χ0) is 14.4. The number of nitrogens with zero attached hydrogens (tertiary/aromatic N) is 1. The monoisotopic (exact) mass is 287 g/mol. The number of carbonyl (C=O) groups excluding carboxylic acids is 1. The number of benzene rings is 1. The Kier molecular flexibility index (Phi) is 5.71. The minimum absolute atomic E-state index is 0.237. The van der Waals surface area contributed by atoms with E-state index in [0.717, 1.165) is 18.2 Å². The molecular formula is C11H14FN3O3S. The van der Waals surface area contributed by atoms with E-state index in [9.17, 15) is 19.3 Å². The zero-order valence-electron chi connectivity index (χ0n) is 10.3. The standard InChI is InChI=1S/C11H14FN3O3S/c1-19-5-4-9(13)11(16)14-10-6-7(15(17)18)2-3-8(10)12/h2-3,6,9H,4-5,13H2,1H3,(H,14,16)/t9-/m0/s1. The van der Waals surface area contributed by atoms with E-state index in [1.54, 1.807) is 0 Å². The van der Waals surface area contributed by atoms with E-state index >= 15 is 0 Å². The van der Waals surface area contributed by atoms with Crippen LogP contribution in [-0.2, 0) is 4.79 Å². The molecule has 0 bridgehead atoms. The van der Waals surface area contributed by atoms with Gasteiger partial charge in [-0.1, -0.05) is 0 Å². The molecule has 0 aliphatic heterocycles. The number of nitro benzene ring substituents is 1. The summed E-state index contributed by atoms with van der Waals surface area (Å²) in [6.45, 7) is 0. The SMILES string of the molecule is CSCC[C@H](N)C(=O)Nc1cc([N+](=O)[O-])ccc1F. The number of nitrogens with two attached hydrogens (primary N) is 1. The number of thioether (sulfide) groups is 1. The number of hydrogen-bond donors (Lipinski definition) is 2. The third kappa shape index (κ3) is 4.49. The van der Waals surface area contributed by atoms with Gasteiger partial charge in [-0.2, -0.15) is 11.8 Å². The number of non-ortho nitro benzene ring substituents is 1. The van der Waals surface area contributed by atoms with E-state index in [-0.39, 0.29) is 11.4 Å². The lowest BCUT2D eigenvalue weighted by Gasteiger charge is -2.12. The first kappa shape index (κ1) is 15.4. The highest BCUT2D eigenvalue weighted by Gasteiger charge is 2.17. The summed E-state index contributed by atoms with van der Waals surface area (Å²) in [5, 5.41) is 12.8. The van der Waals surface area contributed by atoms with Crippen molar-refractivity contribution in [3.63, 3.8) is 0 Å². The molecule has 0 aliphatic carbocycles. The summed E-state index contributed by atoms with van der Waals surface area (Å²) < 4.78 is 13.4. The third-order valence-corrected chi connectivity index (χ3v) is 3.03. The molecule has 104 valence electrons. The molecule has 0 aromatic heterocycles. The molecule has 0 fully saturated rings. The molecule has 0 aliphatic rings. The van der Waals surface area contributed by atoms with Gasteiger partial charge in [-0.3, -0.25) is 14.9 Å². The van der Waals surface area contributed by atoms with Crippen LogP contribution >= 0.6 is 11.8 Å². The maximum Gasteiger partial charge on any atom is 0.271 e. The number of halogens is 1. The van der Waals surface area contributed by atoms with E-state index in [4.69, 9.17) is 5.73 Å². The van der Waals surface area contributed by atoms with Crippen molar-refractivity contribution in [1.29, 1.82) is 0 Å². The smallest absolute Gasteiger partial charge is 0.271 e. The fourth-order valence-corrected chi connectivity index (χ4v) is 1.81. The van der Waals surface area contributed by atoms with Crippen LogP contribution in [0.5, 0.6) is 0 Å². The fourth-order valence-electron chi connectivity index (χ4n) is 1.32. The Balaban J connectivity index is 2.78. The molecule has 19 heavy (non-hydrogen) atoms. The van der Waals surface area contributed by atoms with Crippen molar-refractivity contribution < 1.29 is 14.1 Å². The lowest BCUT2D eigenvalue weighted by atomic mass is 10.2. The van der Waals surface area contributed by atoms with Crippen LogP contribution in [0.15, 0.2) is 18.2 Å². The largest absolute Gasteiger partial charge is 0.322 e. The van der Waals surface area contributed by atoms with Crippen molar-refractivity contribution in [2.24, 2.45) is 5.73 Å². The topological polar surface area (TPSA) is 98.3 Å². The van der Waals surface area contributed by atoms with Crippen molar-refractivity contribution in [2.45, 2.75) is 12.5 Å². The summed E-state index contributed by atoms with van der Waals surface area (Å²) in [7, 11) is 0. The van der Waals surface area contributed by atoms with Crippen LogP contribution in [-0.4, -0.2) is 28.9 Å². The second-order valence-corrected chi connectivity index (χ2v) is 4.78. The Hall–Kier alpha value is -1.67. The van der Waals surface area contributed by atoms with Crippen molar-refractivity contribution in [1.82, 2.24) is 0 Å². The van der Waals surface area contributed by atoms with Gasteiger partial charge in [0.05, 0.1) is 16.7 Å². The number of rotatable bonds is 6.